The molecule has 14 heavy (non-hydrogen) atoms. The molecule has 0 bridgehead atoms. The second kappa shape index (κ2) is 3.51. The van der Waals surface area contributed by atoms with Gasteiger partial charge in [0.2, 0.25) is 0 Å². The van der Waals surface area contributed by atoms with Gasteiger partial charge in [0.05, 0.1) is 6.42 Å². The molecule has 1 saturated heterocycles. The number of hydrogen-bond donors (Lipinski definition) is 2. The third-order valence-electron chi connectivity index (χ3n) is 3.12. The van der Waals surface area contributed by atoms with Crippen molar-refractivity contribution in [3.63, 3.8) is 0 Å². The van der Waals surface area contributed by atoms with Gasteiger partial charge in [0.15, 0.2) is 0 Å². The molecule has 4 nitrogen and oxygen atoms in total. The van der Waals surface area contributed by atoms with Crippen LogP contribution in [-0.2, 0) is 4.79 Å². The summed E-state index contributed by atoms with van der Waals surface area (Å²) in [4.78, 5) is 13.0. The number of rotatable bonds is 4. The average molecular weight is 198 g/mol. The van der Waals surface area contributed by atoms with E-state index in [0.717, 1.165) is 19.5 Å². The third-order valence-corrected chi connectivity index (χ3v) is 3.12. The topological polar surface area (TPSA) is 52.6 Å². The Kier molecular flexibility index (Phi) is 2.49. The van der Waals surface area contributed by atoms with E-state index >= 15 is 0 Å². The normalized spacial score (nSPS) is 33.5. The zero-order chi connectivity index (χ0) is 10.2. The standard InChI is InChI=1S/C10H18N2O2/c1-12-5-4-10(7-12,6-9(13)14)11-8-2-3-8/h8,11H,2-7H2,1H3,(H,13,14). The highest BCUT2D eigenvalue weighted by atomic mass is 16.4. The molecule has 2 fully saturated rings. The Morgan fingerprint density at radius 1 is 1.64 bits per heavy atom. The first-order valence-electron chi connectivity index (χ1n) is 5.28. The maximum atomic E-state index is 10.8. The molecule has 1 atom stereocenters. The van der Waals surface area contributed by atoms with E-state index in [2.05, 4.69) is 17.3 Å². The lowest BCUT2D eigenvalue weighted by Gasteiger charge is -2.28. The van der Waals surface area contributed by atoms with Crippen molar-refractivity contribution >= 4 is 5.97 Å². The molecule has 0 aromatic rings. The van der Waals surface area contributed by atoms with Crippen LogP contribution in [0.15, 0.2) is 0 Å². The van der Waals surface area contributed by atoms with Gasteiger partial charge in [0.25, 0.3) is 0 Å². The predicted octanol–water partition coefficient (Wildman–Crippen LogP) is 0.287. The first kappa shape index (κ1) is 9.93. The summed E-state index contributed by atoms with van der Waals surface area (Å²) in [7, 11) is 2.05. The zero-order valence-electron chi connectivity index (χ0n) is 8.62. The van der Waals surface area contributed by atoms with Crippen LogP contribution in [0.3, 0.4) is 0 Å². The second-order valence-corrected chi connectivity index (χ2v) is 4.76. The molecule has 2 N–H and O–H groups in total. The van der Waals surface area contributed by atoms with Gasteiger partial charge in [-0.2, -0.15) is 0 Å². The van der Waals surface area contributed by atoms with Crippen LogP contribution >= 0.6 is 0 Å². The van der Waals surface area contributed by atoms with Crippen molar-refractivity contribution in [2.75, 3.05) is 20.1 Å². The molecule has 80 valence electrons. The zero-order valence-corrected chi connectivity index (χ0v) is 8.62. The van der Waals surface area contributed by atoms with Crippen LogP contribution in [0.1, 0.15) is 25.7 Å². The smallest absolute Gasteiger partial charge is 0.305 e. The number of nitrogens with zero attached hydrogens (tertiary/aromatic N) is 1. The first-order valence-corrected chi connectivity index (χ1v) is 5.28. The van der Waals surface area contributed by atoms with Gasteiger partial charge in [-0.1, -0.05) is 0 Å². The molecule has 1 unspecified atom stereocenters. The fourth-order valence-electron chi connectivity index (χ4n) is 2.34. The Bertz CT molecular complexity index is 240. The van der Waals surface area contributed by atoms with E-state index in [1.165, 1.54) is 12.8 Å². The maximum absolute atomic E-state index is 10.8. The molecule has 2 rings (SSSR count). The van der Waals surface area contributed by atoms with Gasteiger partial charge in [0, 0.05) is 18.1 Å². The van der Waals surface area contributed by atoms with Crippen molar-refractivity contribution in [3.05, 3.63) is 0 Å². The van der Waals surface area contributed by atoms with E-state index in [0.29, 0.717) is 6.04 Å². The van der Waals surface area contributed by atoms with Crippen LogP contribution < -0.4 is 5.32 Å². The minimum absolute atomic E-state index is 0.151. The van der Waals surface area contributed by atoms with Crippen LogP contribution in [0.5, 0.6) is 0 Å². The number of likely N-dealkylation sites (tertiary alicyclic amines) is 1. The molecule has 0 aromatic heterocycles. The van der Waals surface area contributed by atoms with Crippen molar-refractivity contribution in [2.45, 2.75) is 37.3 Å². The number of hydrogen-bond acceptors (Lipinski definition) is 3. The van der Waals surface area contributed by atoms with Crippen molar-refractivity contribution in [1.82, 2.24) is 10.2 Å². The summed E-state index contributed by atoms with van der Waals surface area (Å²) in [6.45, 7) is 1.88. The monoisotopic (exact) mass is 198 g/mol. The van der Waals surface area contributed by atoms with Crippen LogP contribution in [0.25, 0.3) is 0 Å². The predicted molar refractivity (Wildman–Crippen MR) is 53.3 cm³/mol. The van der Waals surface area contributed by atoms with Gasteiger partial charge >= 0.3 is 5.97 Å². The maximum Gasteiger partial charge on any atom is 0.305 e. The fourth-order valence-corrected chi connectivity index (χ4v) is 2.34. The van der Waals surface area contributed by atoms with Crippen LogP contribution in [0.2, 0.25) is 0 Å². The van der Waals surface area contributed by atoms with E-state index in [1.54, 1.807) is 0 Å². The van der Waals surface area contributed by atoms with Crippen LogP contribution in [0.4, 0.5) is 0 Å². The highest BCUT2D eigenvalue weighted by Gasteiger charge is 2.41. The molecule has 1 heterocycles. The van der Waals surface area contributed by atoms with Crippen molar-refractivity contribution in [1.29, 1.82) is 0 Å². The second-order valence-electron chi connectivity index (χ2n) is 4.76. The van der Waals surface area contributed by atoms with Gasteiger partial charge < -0.3 is 15.3 Å². The number of nitrogens with one attached hydrogen (secondary N) is 1. The summed E-state index contributed by atoms with van der Waals surface area (Å²) in [6.07, 6.45) is 3.65. The van der Waals surface area contributed by atoms with E-state index in [-0.39, 0.29) is 12.0 Å². The molecule has 4 heteroatoms. The van der Waals surface area contributed by atoms with Gasteiger partial charge in [-0.05, 0) is 32.9 Å². The van der Waals surface area contributed by atoms with Gasteiger partial charge in [0.1, 0.15) is 0 Å². The van der Waals surface area contributed by atoms with Crippen molar-refractivity contribution in [3.8, 4) is 0 Å². The summed E-state index contributed by atoms with van der Waals surface area (Å²) >= 11 is 0. The lowest BCUT2D eigenvalue weighted by atomic mass is 9.94. The number of carboxylic acids is 1. The Morgan fingerprint density at radius 3 is 2.79 bits per heavy atom. The molecule has 0 amide bonds. The molecule has 1 saturated carbocycles. The quantitative estimate of drug-likeness (QED) is 0.681. The fraction of sp³-hybridized carbons (Fsp3) is 0.900. The van der Waals surface area contributed by atoms with E-state index in [1.807, 2.05) is 0 Å². The Hall–Kier alpha value is -0.610. The molecule has 0 spiro atoms. The number of carboxylic acid groups (broad SMARTS) is 1. The summed E-state index contributed by atoms with van der Waals surface area (Å²) in [5.41, 5.74) is -0.151. The molecule has 1 aliphatic carbocycles. The third kappa shape index (κ3) is 2.25. The minimum atomic E-state index is -0.687. The van der Waals surface area contributed by atoms with Crippen LogP contribution in [0, 0.1) is 0 Å². The van der Waals surface area contributed by atoms with Gasteiger partial charge in [-0.3, -0.25) is 4.79 Å². The lowest BCUT2D eigenvalue weighted by Crippen LogP contribution is -2.49. The summed E-state index contributed by atoms with van der Waals surface area (Å²) < 4.78 is 0. The average Bonchev–Trinajstić information content (AvgIpc) is 2.77. The largest absolute Gasteiger partial charge is 0.481 e. The van der Waals surface area contributed by atoms with Crippen molar-refractivity contribution in [2.24, 2.45) is 0 Å². The number of likely N-dealkylation sites (N-methyl/N-ethyl adjacent to an activating group) is 1. The summed E-state index contributed by atoms with van der Waals surface area (Å²) in [6, 6.07) is 0.584. The Labute approximate surface area is 84.3 Å². The van der Waals surface area contributed by atoms with Crippen molar-refractivity contribution < 1.29 is 9.90 Å². The van der Waals surface area contributed by atoms with Gasteiger partial charge in [-0.25, -0.2) is 0 Å². The van der Waals surface area contributed by atoms with Crippen LogP contribution in [-0.4, -0.2) is 47.7 Å². The molecule has 0 aromatic carbocycles. The number of carbonyl (C=O) groups is 1. The van der Waals surface area contributed by atoms with E-state index < -0.39 is 5.97 Å². The van der Waals surface area contributed by atoms with E-state index in [9.17, 15) is 4.79 Å². The van der Waals surface area contributed by atoms with E-state index in [4.69, 9.17) is 5.11 Å². The molecule has 2 aliphatic rings. The number of aliphatic carboxylic acids is 1. The molecular weight excluding hydrogens is 180 g/mol. The first-order chi connectivity index (χ1) is 6.60. The Balaban J connectivity index is 1.99. The summed E-state index contributed by atoms with van der Waals surface area (Å²) in [5.74, 6) is -0.687. The highest BCUT2D eigenvalue weighted by Crippen LogP contribution is 2.30. The molecular formula is C10H18N2O2. The molecule has 0 radical (unpaired) electrons. The Morgan fingerprint density at radius 2 is 2.36 bits per heavy atom. The SMILES string of the molecule is CN1CCC(CC(=O)O)(NC2CC2)C1. The lowest BCUT2D eigenvalue weighted by molar-refractivity contribution is -0.138. The van der Waals surface area contributed by atoms with Gasteiger partial charge in [-0.15, -0.1) is 0 Å². The summed E-state index contributed by atoms with van der Waals surface area (Å²) in [5, 5.41) is 12.4. The highest BCUT2D eigenvalue weighted by molar-refractivity contribution is 5.68. The minimum Gasteiger partial charge on any atom is -0.481 e. The molecule has 1 aliphatic heterocycles.